The number of urea groups is 1. The van der Waals surface area contributed by atoms with E-state index in [1.807, 2.05) is 13.2 Å². The second-order valence-corrected chi connectivity index (χ2v) is 5.27. The third kappa shape index (κ3) is 4.97. The van der Waals surface area contributed by atoms with E-state index in [1.54, 1.807) is 11.8 Å². The Kier molecular flexibility index (Phi) is 6.74. The molecular weight excluding hydrogens is 286 g/mol. The Morgan fingerprint density at radius 3 is 2.55 bits per heavy atom. The number of thioether (sulfide) groups is 1. The first-order chi connectivity index (χ1) is 9.45. The van der Waals surface area contributed by atoms with Crippen LogP contribution in [0.3, 0.4) is 0 Å². The van der Waals surface area contributed by atoms with Crippen molar-refractivity contribution in [1.82, 2.24) is 10.6 Å². The monoisotopic (exact) mass is 304 g/mol. The standard InChI is InChI=1S/C13H18F2N2O2S/c1-8(7-20-2)17-13(19)16-6-11(18)12-9(14)4-3-5-10(12)15/h3-5,8,11,18H,6-7H2,1-2H3,(H2,16,17,19). The predicted molar refractivity (Wildman–Crippen MR) is 75.7 cm³/mol. The van der Waals surface area contributed by atoms with E-state index in [0.29, 0.717) is 0 Å². The molecule has 7 heteroatoms. The minimum atomic E-state index is -1.43. The van der Waals surface area contributed by atoms with Crippen molar-refractivity contribution in [1.29, 1.82) is 0 Å². The summed E-state index contributed by atoms with van der Waals surface area (Å²) in [6, 6.07) is 2.81. The molecule has 0 aliphatic heterocycles. The van der Waals surface area contributed by atoms with Gasteiger partial charge in [0.25, 0.3) is 0 Å². The van der Waals surface area contributed by atoms with Crippen molar-refractivity contribution in [2.75, 3.05) is 18.6 Å². The van der Waals surface area contributed by atoms with Gasteiger partial charge in [-0.15, -0.1) is 0 Å². The maximum absolute atomic E-state index is 13.4. The lowest BCUT2D eigenvalue weighted by Crippen LogP contribution is -2.43. The summed E-state index contributed by atoms with van der Waals surface area (Å²) < 4.78 is 26.8. The number of aliphatic hydroxyl groups is 1. The summed E-state index contributed by atoms with van der Waals surface area (Å²) in [6.45, 7) is 1.57. The maximum atomic E-state index is 13.4. The number of carbonyl (C=O) groups excluding carboxylic acids is 1. The molecule has 0 heterocycles. The molecule has 1 rings (SSSR count). The van der Waals surface area contributed by atoms with Gasteiger partial charge in [-0.25, -0.2) is 13.6 Å². The summed E-state index contributed by atoms with van der Waals surface area (Å²) in [4.78, 5) is 11.5. The Bertz CT molecular complexity index is 440. The summed E-state index contributed by atoms with van der Waals surface area (Å²) in [6.07, 6.45) is 0.485. The van der Waals surface area contributed by atoms with Gasteiger partial charge >= 0.3 is 6.03 Å². The van der Waals surface area contributed by atoms with Gasteiger partial charge in [0.15, 0.2) is 0 Å². The molecule has 1 aromatic rings. The van der Waals surface area contributed by atoms with E-state index in [0.717, 1.165) is 17.9 Å². The first kappa shape index (κ1) is 16.7. The molecule has 20 heavy (non-hydrogen) atoms. The van der Waals surface area contributed by atoms with Crippen LogP contribution in [0.25, 0.3) is 0 Å². The number of hydrogen-bond donors (Lipinski definition) is 3. The molecule has 0 spiro atoms. The van der Waals surface area contributed by atoms with Crippen LogP contribution in [0.5, 0.6) is 0 Å². The van der Waals surface area contributed by atoms with Crippen molar-refractivity contribution in [2.24, 2.45) is 0 Å². The summed E-state index contributed by atoms with van der Waals surface area (Å²) >= 11 is 1.59. The van der Waals surface area contributed by atoms with E-state index in [2.05, 4.69) is 10.6 Å². The minimum absolute atomic E-state index is 0.0349. The molecule has 0 aliphatic rings. The van der Waals surface area contributed by atoms with Crippen molar-refractivity contribution in [3.8, 4) is 0 Å². The molecule has 0 saturated heterocycles. The Hall–Kier alpha value is -1.34. The Labute approximate surface area is 120 Å². The fourth-order valence-electron chi connectivity index (χ4n) is 1.69. The quantitative estimate of drug-likeness (QED) is 0.754. The van der Waals surface area contributed by atoms with Crippen LogP contribution in [-0.2, 0) is 0 Å². The van der Waals surface area contributed by atoms with Crippen molar-refractivity contribution in [2.45, 2.75) is 19.1 Å². The van der Waals surface area contributed by atoms with E-state index in [9.17, 15) is 18.7 Å². The van der Waals surface area contributed by atoms with E-state index in [1.165, 1.54) is 6.07 Å². The number of aliphatic hydroxyl groups excluding tert-OH is 1. The summed E-state index contributed by atoms with van der Waals surface area (Å²) in [5.41, 5.74) is -0.440. The number of halogens is 2. The fraction of sp³-hybridized carbons (Fsp3) is 0.462. The lowest BCUT2D eigenvalue weighted by molar-refractivity contribution is 0.164. The molecule has 0 fully saturated rings. The Morgan fingerprint density at radius 2 is 2.00 bits per heavy atom. The fourth-order valence-corrected chi connectivity index (χ4v) is 2.27. The zero-order valence-corrected chi connectivity index (χ0v) is 12.1. The van der Waals surface area contributed by atoms with Crippen molar-refractivity contribution < 1.29 is 18.7 Å². The highest BCUT2D eigenvalue weighted by molar-refractivity contribution is 7.98. The molecular formula is C13H18F2N2O2S. The van der Waals surface area contributed by atoms with Crippen LogP contribution in [0.1, 0.15) is 18.6 Å². The lowest BCUT2D eigenvalue weighted by Gasteiger charge is -2.16. The number of carbonyl (C=O) groups is 1. The van der Waals surface area contributed by atoms with E-state index < -0.39 is 29.3 Å². The van der Waals surface area contributed by atoms with Crippen LogP contribution < -0.4 is 10.6 Å². The molecule has 0 saturated carbocycles. The topological polar surface area (TPSA) is 61.4 Å². The molecule has 0 aliphatic carbocycles. The van der Waals surface area contributed by atoms with Gasteiger partial charge in [0.05, 0.1) is 5.56 Å². The molecule has 0 bridgehead atoms. The number of amides is 2. The summed E-state index contributed by atoms with van der Waals surface area (Å²) in [5.74, 6) is -0.927. The van der Waals surface area contributed by atoms with Crippen molar-refractivity contribution >= 4 is 17.8 Å². The second-order valence-electron chi connectivity index (χ2n) is 4.36. The highest BCUT2D eigenvalue weighted by atomic mass is 32.2. The normalized spacial score (nSPS) is 13.7. The van der Waals surface area contributed by atoms with Crippen LogP contribution in [0.2, 0.25) is 0 Å². The van der Waals surface area contributed by atoms with Crippen LogP contribution in [-0.4, -0.2) is 35.7 Å². The summed E-state index contributed by atoms with van der Waals surface area (Å²) in [5, 5.41) is 14.8. The molecule has 3 N–H and O–H groups in total. The summed E-state index contributed by atoms with van der Waals surface area (Å²) in [7, 11) is 0. The number of benzene rings is 1. The smallest absolute Gasteiger partial charge is 0.315 e. The van der Waals surface area contributed by atoms with Gasteiger partial charge in [-0.1, -0.05) is 6.07 Å². The first-order valence-electron chi connectivity index (χ1n) is 6.11. The van der Waals surface area contributed by atoms with Gasteiger partial charge in [0, 0.05) is 18.3 Å². The number of nitrogens with one attached hydrogen (secondary N) is 2. The van der Waals surface area contributed by atoms with Crippen LogP contribution >= 0.6 is 11.8 Å². The van der Waals surface area contributed by atoms with Gasteiger partial charge in [-0.2, -0.15) is 11.8 Å². The predicted octanol–water partition coefficient (Wildman–Crippen LogP) is 2.05. The Morgan fingerprint density at radius 1 is 1.40 bits per heavy atom. The van der Waals surface area contributed by atoms with E-state index >= 15 is 0 Å². The van der Waals surface area contributed by atoms with E-state index in [4.69, 9.17) is 0 Å². The molecule has 0 radical (unpaired) electrons. The zero-order chi connectivity index (χ0) is 15.1. The number of hydrogen-bond acceptors (Lipinski definition) is 3. The molecule has 2 unspecified atom stereocenters. The van der Waals surface area contributed by atoms with Gasteiger partial charge in [-0.3, -0.25) is 0 Å². The van der Waals surface area contributed by atoms with Crippen LogP contribution in [0.15, 0.2) is 18.2 Å². The van der Waals surface area contributed by atoms with Gasteiger partial charge in [-0.05, 0) is 25.3 Å². The lowest BCUT2D eigenvalue weighted by atomic mass is 10.1. The van der Waals surface area contributed by atoms with Gasteiger partial charge in [0.1, 0.15) is 17.7 Å². The Balaban J connectivity index is 2.51. The van der Waals surface area contributed by atoms with Crippen LogP contribution in [0, 0.1) is 11.6 Å². The molecule has 2 atom stereocenters. The SMILES string of the molecule is CSCC(C)NC(=O)NCC(O)c1c(F)cccc1F. The first-order valence-corrected chi connectivity index (χ1v) is 7.50. The molecule has 2 amide bonds. The zero-order valence-electron chi connectivity index (χ0n) is 11.3. The maximum Gasteiger partial charge on any atom is 0.315 e. The molecule has 112 valence electrons. The third-order valence-corrected chi connectivity index (χ3v) is 3.42. The molecule has 4 nitrogen and oxygen atoms in total. The highest BCUT2D eigenvalue weighted by Crippen LogP contribution is 2.19. The molecule has 1 aromatic carbocycles. The average molecular weight is 304 g/mol. The third-order valence-electron chi connectivity index (χ3n) is 2.58. The van der Waals surface area contributed by atoms with Gasteiger partial charge in [0.2, 0.25) is 0 Å². The largest absolute Gasteiger partial charge is 0.386 e. The van der Waals surface area contributed by atoms with Crippen LogP contribution in [0.4, 0.5) is 13.6 Å². The highest BCUT2D eigenvalue weighted by Gasteiger charge is 2.18. The molecule has 0 aromatic heterocycles. The van der Waals surface area contributed by atoms with Gasteiger partial charge < -0.3 is 15.7 Å². The van der Waals surface area contributed by atoms with E-state index in [-0.39, 0.29) is 12.6 Å². The second kappa shape index (κ2) is 8.06. The van der Waals surface area contributed by atoms with Crippen molar-refractivity contribution in [3.63, 3.8) is 0 Å². The van der Waals surface area contributed by atoms with Crippen molar-refractivity contribution in [3.05, 3.63) is 35.4 Å². The number of rotatable bonds is 6. The minimum Gasteiger partial charge on any atom is -0.386 e. The average Bonchev–Trinajstić information content (AvgIpc) is 2.36.